The van der Waals surface area contributed by atoms with E-state index in [2.05, 4.69) is 38.3 Å². The van der Waals surface area contributed by atoms with Crippen LogP contribution in [0.25, 0.3) is 0 Å². The molecule has 1 aliphatic rings. The van der Waals surface area contributed by atoms with Gasteiger partial charge in [0.1, 0.15) is 0 Å². The van der Waals surface area contributed by atoms with Crippen LogP contribution in [0.15, 0.2) is 18.2 Å². The summed E-state index contributed by atoms with van der Waals surface area (Å²) in [6, 6.07) is 7.77. The highest BCUT2D eigenvalue weighted by molar-refractivity contribution is 5.42. The molecule has 1 unspecified atom stereocenters. The number of nitrogens with two attached hydrogens (primary N) is 1. The highest BCUT2D eigenvalue weighted by Crippen LogP contribution is 2.27. The molecule has 3 N–H and O–H groups in total. The number of benzene rings is 1. The van der Waals surface area contributed by atoms with Crippen LogP contribution in [0.3, 0.4) is 0 Å². The van der Waals surface area contributed by atoms with E-state index in [9.17, 15) is 0 Å². The van der Waals surface area contributed by atoms with Crippen molar-refractivity contribution >= 4 is 0 Å². The summed E-state index contributed by atoms with van der Waals surface area (Å²) in [4.78, 5) is 1.68. The van der Waals surface area contributed by atoms with E-state index < -0.39 is 0 Å². The van der Waals surface area contributed by atoms with Gasteiger partial charge in [-0.2, -0.15) is 0 Å². The van der Waals surface area contributed by atoms with E-state index in [4.69, 9.17) is 9.47 Å². The maximum atomic E-state index is 5.38. The van der Waals surface area contributed by atoms with Crippen LogP contribution < -0.4 is 19.7 Å². The molecule has 1 aliphatic heterocycles. The fourth-order valence-corrected chi connectivity index (χ4v) is 3.53. The Morgan fingerprint density at radius 2 is 1.91 bits per heavy atom. The van der Waals surface area contributed by atoms with Crippen molar-refractivity contribution in [1.29, 1.82) is 0 Å². The molecule has 0 aromatic heterocycles. The van der Waals surface area contributed by atoms with E-state index in [-0.39, 0.29) is 0 Å². The lowest BCUT2D eigenvalue weighted by Gasteiger charge is -2.35. The van der Waals surface area contributed by atoms with Gasteiger partial charge in [0.2, 0.25) is 0 Å². The fourth-order valence-electron chi connectivity index (χ4n) is 3.53. The molecule has 4 heteroatoms. The smallest absolute Gasteiger partial charge is 0.160 e. The minimum atomic E-state index is 0.763. The monoisotopic (exact) mass is 308 g/mol. The molecule has 1 fully saturated rings. The van der Waals surface area contributed by atoms with Crippen LogP contribution in [-0.4, -0.2) is 46.4 Å². The average Bonchev–Trinajstić information content (AvgIpc) is 2.52. The molecule has 1 saturated heterocycles. The lowest BCUT2D eigenvalue weighted by atomic mass is 9.90. The number of piperidine rings is 1. The van der Waals surface area contributed by atoms with E-state index >= 15 is 0 Å². The topological polar surface area (TPSA) is 39.5 Å². The number of rotatable bonds is 6. The zero-order valence-electron chi connectivity index (χ0n) is 14.7. The highest BCUT2D eigenvalue weighted by atomic mass is 16.5. The standard InChI is InChI=1S/C18H30N2O2/c1-13-12-20(3)14(2)10-16(13)19-9-8-15-6-7-17(21-4)18(11-15)22-5/h6-7,11,13-14,16,19H,8-10,12H2,1-5H3/p+2/t13-,14-,16-/m1/s1. The number of quaternary nitrogens is 2. The molecule has 1 aromatic rings. The predicted octanol–water partition coefficient (Wildman–Crippen LogP) is 0.121. The summed E-state index contributed by atoms with van der Waals surface area (Å²) >= 11 is 0. The summed E-state index contributed by atoms with van der Waals surface area (Å²) in [6.07, 6.45) is 2.39. The number of hydrogen-bond donors (Lipinski definition) is 2. The van der Waals surface area contributed by atoms with Gasteiger partial charge in [-0.3, -0.25) is 0 Å². The Kier molecular flexibility index (Phi) is 6.09. The average molecular weight is 308 g/mol. The Balaban J connectivity index is 1.86. The summed E-state index contributed by atoms with van der Waals surface area (Å²) in [5.74, 6) is 2.42. The Morgan fingerprint density at radius 3 is 2.59 bits per heavy atom. The van der Waals surface area contributed by atoms with Gasteiger partial charge >= 0.3 is 0 Å². The summed E-state index contributed by atoms with van der Waals surface area (Å²) in [5.41, 5.74) is 1.31. The molecule has 4 nitrogen and oxygen atoms in total. The molecule has 0 radical (unpaired) electrons. The van der Waals surface area contributed by atoms with Crippen molar-refractivity contribution in [2.75, 3.05) is 34.4 Å². The van der Waals surface area contributed by atoms with Gasteiger partial charge in [0.25, 0.3) is 0 Å². The summed E-state index contributed by atoms with van der Waals surface area (Å²) in [7, 11) is 5.69. The lowest BCUT2D eigenvalue weighted by molar-refractivity contribution is -0.922. The Labute approximate surface area is 134 Å². The number of likely N-dealkylation sites (tertiary alicyclic amines) is 1. The third-order valence-corrected chi connectivity index (χ3v) is 5.19. The Morgan fingerprint density at radius 1 is 1.18 bits per heavy atom. The van der Waals surface area contributed by atoms with Crippen LogP contribution in [0, 0.1) is 5.92 Å². The maximum Gasteiger partial charge on any atom is 0.160 e. The molecule has 22 heavy (non-hydrogen) atoms. The van der Waals surface area contributed by atoms with Gasteiger partial charge in [0.05, 0.1) is 58.8 Å². The number of hydrogen-bond acceptors (Lipinski definition) is 2. The number of ether oxygens (including phenoxy) is 2. The largest absolute Gasteiger partial charge is 0.493 e. The van der Waals surface area contributed by atoms with Gasteiger partial charge in [-0.15, -0.1) is 0 Å². The molecule has 1 heterocycles. The van der Waals surface area contributed by atoms with Crippen molar-refractivity contribution in [2.45, 2.75) is 38.8 Å². The molecule has 1 aromatic carbocycles. The fraction of sp³-hybridized carbons (Fsp3) is 0.667. The molecular weight excluding hydrogens is 276 g/mol. The second-order valence-corrected chi connectivity index (χ2v) is 6.79. The first kappa shape index (κ1) is 17.1. The predicted molar refractivity (Wildman–Crippen MR) is 88.8 cm³/mol. The van der Waals surface area contributed by atoms with E-state index in [1.807, 2.05) is 6.07 Å². The van der Waals surface area contributed by atoms with Crippen LogP contribution in [-0.2, 0) is 6.42 Å². The van der Waals surface area contributed by atoms with Crippen molar-refractivity contribution in [3.8, 4) is 11.5 Å². The first-order chi connectivity index (χ1) is 10.5. The van der Waals surface area contributed by atoms with Crippen molar-refractivity contribution in [2.24, 2.45) is 5.92 Å². The molecule has 0 amide bonds. The van der Waals surface area contributed by atoms with Crippen molar-refractivity contribution in [3.05, 3.63) is 23.8 Å². The second kappa shape index (κ2) is 7.84. The van der Waals surface area contributed by atoms with Crippen LogP contribution in [0.5, 0.6) is 11.5 Å². The van der Waals surface area contributed by atoms with E-state index in [1.165, 1.54) is 18.5 Å². The van der Waals surface area contributed by atoms with Crippen LogP contribution >= 0.6 is 0 Å². The Hall–Kier alpha value is -1.26. The van der Waals surface area contributed by atoms with Gasteiger partial charge in [-0.05, 0) is 24.6 Å². The van der Waals surface area contributed by atoms with Crippen molar-refractivity contribution in [3.63, 3.8) is 0 Å². The molecule has 0 bridgehead atoms. The molecule has 4 atom stereocenters. The highest BCUT2D eigenvalue weighted by Gasteiger charge is 2.34. The number of methoxy groups -OCH3 is 2. The minimum Gasteiger partial charge on any atom is -0.493 e. The van der Waals surface area contributed by atoms with E-state index in [1.54, 1.807) is 19.1 Å². The molecule has 124 valence electrons. The lowest BCUT2D eigenvalue weighted by Crippen LogP contribution is -3.16. The quantitative estimate of drug-likeness (QED) is 0.784. The van der Waals surface area contributed by atoms with Crippen LogP contribution in [0.1, 0.15) is 25.8 Å². The van der Waals surface area contributed by atoms with Gasteiger partial charge in [-0.25, -0.2) is 0 Å². The number of nitrogens with one attached hydrogen (secondary N) is 1. The molecule has 2 rings (SSSR count). The van der Waals surface area contributed by atoms with Crippen LogP contribution in [0.4, 0.5) is 0 Å². The van der Waals surface area contributed by atoms with Gasteiger partial charge in [-0.1, -0.05) is 13.0 Å². The third kappa shape index (κ3) is 4.14. The van der Waals surface area contributed by atoms with Gasteiger partial charge in [0.15, 0.2) is 11.5 Å². The zero-order valence-corrected chi connectivity index (χ0v) is 14.7. The zero-order chi connectivity index (χ0) is 16.1. The molecular formula is C18H32N2O2+2. The second-order valence-electron chi connectivity index (χ2n) is 6.79. The summed E-state index contributed by atoms with van der Waals surface area (Å²) in [5, 5.41) is 2.55. The SMILES string of the molecule is COc1ccc(CC[NH2+][C@@H]2C[C@@H](C)[NH+](C)C[C@H]2C)cc1OC. The van der Waals surface area contributed by atoms with E-state index in [0.717, 1.165) is 42.5 Å². The van der Waals surface area contributed by atoms with Crippen LogP contribution in [0.2, 0.25) is 0 Å². The van der Waals surface area contributed by atoms with Gasteiger partial charge < -0.3 is 19.7 Å². The van der Waals surface area contributed by atoms with E-state index in [0.29, 0.717) is 0 Å². The molecule has 0 spiro atoms. The first-order valence-electron chi connectivity index (χ1n) is 8.41. The summed E-state index contributed by atoms with van der Waals surface area (Å²) in [6.45, 7) is 7.19. The maximum absolute atomic E-state index is 5.38. The van der Waals surface area contributed by atoms with Crippen molar-refractivity contribution in [1.82, 2.24) is 0 Å². The minimum absolute atomic E-state index is 0.763. The van der Waals surface area contributed by atoms with Gasteiger partial charge in [0, 0.05) is 6.42 Å². The molecule has 0 aliphatic carbocycles. The summed E-state index contributed by atoms with van der Waals surface area (Å²) < 4.78 is 10.7. The third-order valence-electron chi connectivity index (χ3n) is 5.19. The normalized spacial score (nSPS) is 28.4. The molecule has 0 saturated carbocycles. The Bertz CT molecular complexity index is 478. The first-order valence-corrected chi connectivity index (χ1v) is 8.41. The van der Waals surface area contributed by atoms with Crippen molar-refractivity contribution < 1.29 is 19.7 Å².